The Kier molecular flexibility index (Phi) is 4.32. The van der Waals surface area contributed by atoms with E-state index < -0.39 is 14.9 Å². The number of anilines is 1. The highest BCUT2D eigenvalue weighted by Gasteiger charge is 2.20. The first-order valence-electron chi connectivity index (χ1n) is 6.25. The second kappa shape index (κ2) is 6.02. The maximum atomic E-state index is 12.5. The number of rotatable bonds is 5. The molecule has 116 valence electrons. The highest BCUT2D eigenvalue weighted by Crippen LogP contribution is 2.27. The molecule has 0 saturated heterocycles. The molecular formula is C14H14N2O5S. The third-order valence-electron chi connectivity index (χ3n) is 2.92. The predicted octanol–water partition coefficient (Wildman–Crippen LogP) is 2.71. The lowest BCUT2D eigenvalue weighted by Crippen LogP contribution is -2.14. The van der Waals surface area contributed by atoms with Crippen molar-refractivity contribution in [2.24, 2.45) is 0 Å². The van der Waals surface area contributed by atoms with Gasteiger partial charge >= 0.3 is 0 Å². The van der Waals surface area contributed by atoms with E-state index in [1.807, 2.05) is 0 Å². The number of aryl methyl sites for hydroxylation is 1. The van der Waals surface area contributed by atoms with Crippen LogP contribution in [0.25, 0.3) is 0 Å². The maximum Gasteiger partial charge on any atom is 0.271 e. The minimum absolute atomic E-state index is 0.0264. The summed E-state index contributed by atoms with van der Waals surface area (Å²) in [4.78, 5) is 10.1. The van der Waals surface area contributed by atoms with E-state index in [-0.39, 0.29) is 22.0 Å². The van der Waals surface area contributed by atoms with Gasteiger partial charge in [0, 0.05) is 12.1 Å². The zero-order chi connectivity index (χ0) is 16.3. The summed E-state index contributed by atoms with van der Waals surface area (Å²) in [5.74, 6) is 0.198. The van der Waals surface area contributed by atoms with Crippen molar-refractivity contribution in [1.29, 1.82) is 0 Å². The summed E-state index contributed by atoms with van der Waals surface area (Å²) in [5, 5.41) is 10.7. The summed E-state index contributed by atoms with van der Waals surface area (Å²) in [6.07, 6.45) is 0. The standard InChI is InChI=1S/C14H14N2O5S/c1-10-6-7-13(21-2)14(8-10)22(19,20)15-11-4-3-5-12(9-11)16(17)18/h3-9,15H,1-2H3. The Hall–Kier alpha value is -2.61. The van der Waals surface area contributed by atoms with E-state index in [1.165, 1.54) is 31.4 Å². The molecule has 0 amide bonds. The van der Waals surface area contributed by atoms with E-state index in [0.717, 1.165) is 11.6 Å². The molecule has 0 aromatic heterocycles. The molecule has 2 aromatic rings. The minimum atomic E-state index is -3.92. The number of sulfonamides is 1. The summed E-state index contributed by atoms with van der Waals surface area (Å²) in [7, 11) is -2.55. The van der Waals surface area contributed by atoms with Gasteiger partial charge in [0.25, 0.3) is 15.7 Å². The van der Waals surface area contributed by atoms with Crippen LogP contribution in [0.1, 0.15) is 5.56 Å². The van der Waals surface area contributed by atoms with E-state index in [0.29, 0.717) is 0 Å². The maximum absolute atomic E-state index is 12.5. The molecule has 1 N–H and O–H groups in total. The summed E-state index contributed by atoms with van der Waals surface area (Å²) in [6, 6.07) is 10.0. The largest absolute Gasteiger partial charge is 0.495 e. The molecular weight excluding hydrogens is 308 g/mol. The summed E-state index contributed by atoms with van der Waals surface area (Å²) < 4.78 is 32.3. The molecule has 2 aromatic carbocycles. The fraction of sp³-hybridized carbons (Fsp3) is 0.143. The second-order valence-electron chi connectivity index (χ2n) is 4.57. The van der Waals surface area contributed by atoms with Crippen molar-refractivity contribution in [1.82, 2.24) is 0 Å². The van der Waals surface area contributed by atoms with Crippen LogP contribution in [-0.4, -0.2) is 20.5 Å². The Labute approximate surface area is 127 Å². The fourth-order valence-corrected chi connectivity index (χ4v) is 3.19. The molecule has 0 aliphatic heterocycles. The molecule has 8 heteroatoms. The molecule has 0 aliphatic carbocycles. The van der Waals surface area contributed by atoms with Gasteiger partial charge in [-0.05, 0) is 30.7 Å². The van der Waals surface area contributed by atoms with Gasteiger partial charge in [-0.2, -0.15) is 0 Å². The van der Waals surface area contributed by atoms with Gasteiger partial charge in [0.15, 0.2) is 0 Å². The van der Waals surface area contributed by atoms with Gasteiger partial charge in [0.1, 0.15) is 10.6 Å². The normalized spacial score (nSPS) is 11.0. The Bertz CT molecular complexity index is 818. The smallest absolute Gasteiger partial charge is 0.271 e. The lowest BCUT2D eigenvalue weighted by Gasteiger charge is -2.12. The van der Waals surface area contributed by atoms with Gasteiger partial charge < -0.3 is 4.74 Å². The van der Waals surface area contributed by atoms with Crippen molar-refractivity contribution in [2.75, 3.05) is 11.8 Å². The van der Waals surface area contributed by atoms with Crippen LogP contribution in [0.15, 0.2) is 47.4 Å². The third-order valence-corrected chi connectivity index (χ3v) is 4.32. The molecule has 0 heterocycles. The van der Waals surface area contributed by atoms with Crippen molar-refractivity contribution < 1.29 is 18.1 Å². The average Bonchev–Trinajstić information content (AvgIpc) is 2.47. The number of nitrogens with zero attached hydrogens (tertiary/aromatic N) is 1. The first kappa shape index (κ1) is 15.8. The number of hydrogen-bond acceptors (Lipinski definition) is 5. The van der Waals surface area contributed by atoms with Crippen LogP contribution in [0.4, 0.5) is 11.4 Å². The van der Waals surface area contributed by atoms with Crippen LogP contribution in [0.5, 0.6) is 5.75 Å². The Morgan fingerprint density at radius 3 is 2.55 bits per heavy atom. The van der Waals surface area contributed by atoms with Gasteiger partial charge in [-0.1, -0.05) is 12.1 Å². The van der Waals surface area contributed by atoms with Gasteiger partial charge in [-0.15, -0.1) is 0 Å². The average molecular weight is 322 g/mol. The van der Waals surface area contributed by atoms with Crippen molar-refractivity contribution >= 4 is 21.4 Å². The number of ether oxygens (including phenoxy) is 1. The highest BCUT2D eigenvalue weighted by atomic mass is 32.2. The van der Waals surface area contributed by atoms with Crippen LogP contribution in [-0.2, 0) is 10.0 Å². The third kappa shape index (κ3) is 3.34. The number of benzene rings is 2. The van der Waals surface area contributed by atoms with Crippen molar-refractivity contribution in [3.63, 3.8) is 0 Å². The predicted molar refractivity (Wildman–Crippen MR) is 81.6 cm³/mol. The molecule has 7 nitrogen and oxygen atoms in total. The van der Waals surface area contributed by atoms with Crippen molar-refractivity contribution in [3.8, 4) is 5.75 Å². The minimum Gasteiger partial charge on any atom is -0.495 e. The molecule has 0 aliphatic rings. The number of nitrogens with one attached hydrogen (secondary N) is 1. The van der Waals surface area contributed by atoms with E-state index in [1.54, 1.807) is 19.1 Å². The Morgan fingerprint density at radius 1 is 1.18 bits per heavy atom. The zero-order valence-corrected chi connectivity index (χ0v) is 12.8. The van der Waals surface area contributed by atoms with Gasteiger partial charge in [0.2, 0.25) is 0 Å². The monoisotopic (exact) mass is 322 g/mol. The molecule has 0 fully saturated rings. The van der Waals surface area contributed by atoms with Gasteiger partial charge in [-0.25, -0.2) is 8.42 Å². The van der Waals surface area contributed by atoms with Gasteiger partial charge in [0.05, 0.1) is 17.7 Å². The molecule has 2 rings (SSSR count). The van der Waals surface area contributed by atoms with E-state index in [4.69, 9.17) is 4.74 Å². The van der Waals surface area contributed by atoms with Crippen LogP contribution >= 0.6 is 0 Å². The molecule has 22 heavy (non-hydrogen) atoms. The lowest BCUT2D eigenvalue weighted by molar-refractivity contribution is -0.384. The molecule has 0 unspecified atom stereocenters. The highest BCUT2D eigenvalue weighted by molar-refractivity contribution is 7.92. The number of methoxy groups -OCH3 is 1. The van der Waals surface area contributed by atoms with Crippen molar-refractivity contribution in [3.05, 3.63) is 58.1 Å². The van der Waals surface area contributed by atoms with E-state index in [2.05, 4.69) is 4.72 Å². The Balaban J connectivity index is 2.42. The first-order chi connectivity index (χ1) is 10.3. The SMILES string of the molecule is COc1ccc(C)cc1S(=O)(=O)Nc1cccc([N+](=O)[O-])c1. The summed E-state index contributed by atoms with van der Waals surface area (Å²) in [6.45, 7) is 1.76. The Morgan fingerprint density at radius 2 is 1.91 bits per heavy atom. The van der Waals surface area contributed by atoms with Crippen LogP contribution in [0.2, 0.25) is 0 Å². The van der Waals surface area contributed by atoms with Crippen molar-refractivity contribution in [2.45, 2.75) is 11.8 Å². The summed E-state index contributed by atoms with van der Waals surface area (Å²) in [5.41, 5.74) is 0.661. The number of non-ortho nitro benzene ring substituents is 1. The number of nitro benzene ring substituents is 1. The van der Waals surface area contributed by atoms with Crippen LogP contribution in [0.3, 0.4) is 0 Å². The number of nitro groups is 1. The van der Waals surface area contributed by atoms with Crippen LogP contribution in [0, 0.1) is 17.0 Å². The topological polar surface area (TPSA) is 98.5 Å². The lowest BCUT2D eigenvalue weighted by atomic mass is 10.2. The zero-order valence-electron chi connectivity index (χ0n) is 11.9. The van der Waals surface area contributed by atoms with Gasteiger partial charge in [-0.3, -0.25) is 14.8 Å². The number of hydrogen-bond donors (Lipinski definition) is 1. The van der Waals surface area contributed by atoms with E-state index >= 15 is 0 Å². The molecule has 0 saturated carbocycles. The molecule has 0 bridgehead atoms. The first-order valence-corrected chi connectivity index (χ1v) is 7.74. The second-order valence-corrected chi connectivity index (χ2v) is 6.22. The molecule has 0 radical (unpaired) electrons. The quantitative estimate of drug-likeness (QED) is 0.674. The van der Waals surface area contributed by atoms with E-state index in [9.17, 15) is 18.5 Å². The molecule has 0 atom stereocenters. The summed E-state index contributed by atoms with van der Waals surface area (Å²) >= 11 is 0. The molecule has 0 spiro atoms. The van der Waals surface area contributed by atoms with Crippen LogP contribution < -0.4 is 9.46 Å². The fourth-order valence-electron chi connectivity index (χ4n) is 1.89.